The first-order chi connectivity index (χ1) is 8.04. The van der Waals surface area contributed by atoms with Crippen molar-refractivity contribution in [3.8, 4) is 0 Å². The highest BCUT2D eigenvalue weighted by atomic mass is 19.1. The number of esters is 1. The van der Waals surface area contributed by atoms with Gasteiger partial charge in [-0.1, -0.05) is 12.1 Å². The van der Waals surface area contributed by atoms with Crippen molar-refractivity contribution >= 4 is 12.0 Å². The Morgan fingerprint density at radius 2 is 2.06 bits per heavy atom. The molecule has 1 rings (SSSR count). The minimum Gasteiger partial charge on any atom is -0.458 e. The molecule has 0 heterocycles. The van der Waals surface area contributed by atoms with E-state index in [4.69, 9.17) is 0 Å². The topological polar surface area (TPSA) is 69.4 Å². The van der Waals surface area contributed by atoms with Crippen LogP contribution in [0.25, 0.3) is 6.08 Å². The molecule has 0 unspecified atom stereocenters. The van der Waals surface area contributed by atoms with E-state index in [1.54, 1.807) is 6.92 Å². The minimum atomic E-state index is -1.01. The lowest BCUT2D eigenvalue weighted by atomic mass is 10.2. The Morgan fingerprint density at radius 1 is 1.47 bits per heavy atom. The highest BCUT2D eigenvalue weighted by molar-refractivity contribution is 5.90. The molecule has 90 valence electrons. The molecular weight excluding hydrogens is 229 g/mol. The summed E-state index contributed by atoms with van der Waals surface area (Å²) in [6.45, 7) is 1.60. The zero-order valence-electron chi connectivity index (χ0n) is 9.05. The van der Waals surface area contributed by atoms with Crippen molar-refractivity contribution in [2.75, 3.05) is 6.61 Å². The summed E-state index contributed by atoms with van der Waals surface area (Å²) in [5, 5.41) is 10.6. The van der Waals surface area contributed by atoms with Gasteiger partial charge in [-0.3, -0.25) is 10.1 Å². The van der Waals surface area contributed by atoms with Gasteiger partial charge in [-0.05, 0) is 24.6 Å². The van der Waals surface area contributed by atoms with Crippen molar-refractivity contribution < 1.29 is 18.8 Å². The smallest absolute Gasteiger partial charge is 0.409 e. The van der Waals surface area contributed by atoms with Crippen LogP contribution in [-0.4, -0.2) is 17.5 Å². The summed E-state index contributed by atoms with van der Waals surface area (Å²) < 4.78 is 17.2. The minimum absolute atomic E-state index is 0.0490. The molecule has 5 nitrogen and oxygen atoms in total. The van der Waals surface area contributed by atoms with Crippen molar-refractivity contribution in [3.63, 3.8) is 0 Å². The number of rotatable bonds is 4. The van der Waals surface area contributed by atoms with Gasteiger partial charge in [0.15, 0.2) is 0 Å². The Kier molecular flexibility index (Phi) is 4.33. The first kappa shape index (κ1) is 12.8. The van der Waals surface area contributed by atoms with E-state index in [0.29, 0.717) is 5.56 Å². The van der Waals surface area contributed by atoms with Crippen molar-refractivity contribution in [3.05, 3.63) is 51.5 Å². The van der Waals surface area contributed by atoms with Crippen LogP contribution in [0.4, 0.5) is 4.39 Å². The van der Waals surface area contributed by atoms with Crippen LogP contribution < -0.4 is 0 Å². The second-order valence-electron chi connectivity index (χ2n) is 3.06. The molecule has 0 amide bonds. The molecule has 0 aliphatic carbocycles. The van der Waals surface area contributed by atoms with E-state index in [2.05, 4.69) is 4.74 Å². The van der Waals surface area contributed by atoms with Gasteiger partial charge in [-0.15, -0.1) is 0 Å². The fourth-order valence-electron chi connectivity index (χ4n) is 1.11. The Hall–Kier alpha value is -2.24. The SMILES string of the molecule is CCOC(=O)C(=Cc1ccc(F)cc1)[N+](=O)[O-]. The lowest BCUT2D eigenvalue weighted by Gasteiger charge is -1.99. The van der Waals surface area contributed by atoms with Crippen molar-refractivity contribution in [2.24, 2.45) is 0 Å². The van der Waals surface area contributed by atoms with Crippen LogP contribution in [0, 0.1) is 15.9 Å². The summed E-state index contributed by atoms with van der Waals surface area (Å²) in [5.74, 6) is -1.47. The van der Waals surface area contributed by atoms with Crippen molar-refractivity contribution in [2.45, 2.75) is 6.92 Å². The molecule has 0 radical (unpaired) electrons. The van der Waals surface area contributed by atoms with E-state index in [-0.39, 0.29) is 6.61 Å². The number of ether oxygens (including phenoxy) is 1. The number of nitrogens with zero attached hydrogens (tertiary/aromatic N) is 1. The van der Waals surface area contributed by atoms with Gasteiger partial charge in [0.05, 0.1) is 11.5 Å². The first-order valence-corrected chi connectivity index (χ1v) is 4.83. The van der Waals surface area contributed by atoms with Gasteiger partial charge in [0, 0.05) is 6.08 Å². The number of nitro groups is 1. The number of carbonyl (C=O) groups excluding carboxylic acids is 1. The highest BCUT2D eigenvalue weighted by Crippen LogP contribution is 2.10. The third-order valence-corrected chi connectivity index (χ3v) is 1.85. The number of benzene rings is 1. The van der Waals surface area contributed by atoms with E-state index in [1.807, 2.05) is 0 Å². The summed E-state index contributed by atoms with van der Waals surface area (Å²) in [5.41, 5.74) is -0.329. The Bertz CT molecular complexity index is 453. The van der Waals surface area contributed by atoms with Gasteiger partial charge < -0.3 is 4.74 Å². The van der Waals surface area contributed by atoms with Crippen LogP contribution in [-0.2, 0) is 9.53 Å². The molecule has 0 spiro atoms. The number of halogens is 1. The van der Waals surface area contributed by atoms with Crippen molar-refractivity contribution in [1.82, 2.24) is 0 Å². The Morgan fingerprint density at radius 3 is 2.53 bits per heavy atom. The van der Waals surface area contributed by atoms with E-state index in [1.165, 1.54) is 12.1 Å². The van der Waals surface area contributed by atoms with Gasteiger partial charge in [0.25, 0.3) is 0 Å². The standard InChI is InChI=1S/C11H10FNO4/c1-2-17-11(14)10(13(15)16)7-8-3-5-9(12)6-4-8/h3-7H,2H2,1H3. The zero-order chi connectivity index (χ0) is 12.8. The van der Waals surface area contributed by atoms with E-state index in [0.717, 1.165) is 18.2 Å². The van der Waals surface area contributed by atoms with Crippen LogP contribution in [0.1, 0.15) is 12.5 Å². The van der Waals surface area contributed by atoms with Gasteiger partial charge >= 0.3 is 11.7 Å². The maximum Gasteiger partial charge on any atom is 0.409 e. The first-order valence-electron chi connectivity index (χ1n) is 4.83. The molecule has 0 N–H and O–H groups in total. The average molecular weight is 239 g/mol. The average Bonchev–Trinajstić information content (AvgIpc) is 2.28. The molecule has 0 aliphatic rings. The molecule has 0 fully saturated rings. The zero-order valence-corrected chi connectivity index (χ0v) is 9.05. The summed E-state index contributed by atoms with van der Waals surface area (Å²) in [4.78, 5) is 21.1. The van der Waals surface area contributed by atoms with Crippen LogP contribution >= 0.6 is 0 Å². The van der Waals surface area contributed by atoms with Gasteiger partial charge in [0.1, 0.15) is 5.82 Å². The fourth-order valence-corrected chi connectivity index (χ4v) is 1.11. The van der Waals surface area contributed by atoms with Crippen LogP contribution in [0.5, 0.6) is 0 Å². The molecule has 0 saturated heterocycles. The molecule has 0 aliphatic heterocycles. The summed E-state index contributed by atoms with van der Waals surface area (Å²) >= 11 is 0. The second-order valence-corrected chi connectivity index (χ2v) is 3.06. The quantitative estimate of drug-likeness (QED) is 0.349. The molecule has 0 saturated carbocycles. The molecule has 0 atom stereocenters. The molecule has 1 aromatic rings. The molecular formula is C11H10FNO4. The third-order valence-electron chi connectivity index (χ3n) is 1.85. The lowest BCUT2D eigenvalue weighted by Crippen LogP contribution is -2.14. The summed E-state index contributed by atoms with van der Waals surface area (Å²) in [6.07, 6.45) is 1.04. The fraction of sp³-hybridized carbons (Fsp3) is 0.182. The maximum atomic E-state index is 12.6. The van der Waals surface area contributed by atoms with E-state index >= 15 is 0 Å². The van der Waals surface area contributed by atoms with Crippen LogP contribution in [0.15, 0.2) is 30.0 Å². The van der Waals surface area contributed by atoms with E-state index < -0.39 is 22.4 Å². The highest BCUT2D eigenvalue weighted by Gasteiger charge is 2.23. The lowest BCUT2D eigenvalue weighted by molar-refractivity contribution is -0.419. The number of hydrogen-bond donors (Lipinski definition) is 0. The maximum absolute atomic E-state index is 12.6. The summed E-state index contributed by atoms with van der Waals surface area (Å²) in [6, 6.07) is 4.96. The molecule has 0 aromatic heterocycles. The Labute approximate surface area is 96.7 Å². The summed E-state index contributed by atoms with van der Waals surface area (Å²) in [7, 11) is 0. The van der Waals surface area contributed by atoms with Gasteiger partial charge in [0.2, 0.25) is 0 Å². The van der Waals surface area contributed by atoms with Gasteiger partial charge in [-0.2, -0.15) is 0 Å². The number of carbonyl (C=O) groups is 1. The third kappa shape index (κ3) is 3.67. The molecule has 17 heavy (non-hydrogen) atoms. The number of hydrogen-bond acceptors (Lipinski definition) is 4. The predicted octanol–water partition coefficient (Wildman–Crippen LogP) is 2.01. The largest absolute Gasteiger partial charge is 0.458 e. The molecule has 1 aromatic carbocycles. The van der Waals surface area contributed by atoms with E-state index in [9.17, 15) is 19.3 Å². The van der Waals surface area contributed by atoms with Crippen LogP contribution in [0.3, 0.4) is 0 Å². The second kappa shape index (κ2) is 5.74. The molecule has 6 heteroatoms. The monoisotopic (exact) mass is 239 g/mol. The Balaban J connectivity index is 3.02. The van der Waals surface area contributed by atoms with Crippen LogP contribution in [0.2, 0.25) is 0 Å². The molecule has 0 bridgehead atoms. The predicted molar refractivity (Wildman–Crippen MR) is 58.0 cm³/mol. The van der Waals surface area contributed by atoms with Crippen molar-refractivity contribution in [1.29, 1.82) is 0 Å². The normalized spacial score (nSPS) is 11.1. The van der Waals surface area contributed by atoms with Gasteiger partial charge in [-0.25, -0.2) is 9.18 Å².